The molecular formula is C19H21FN2O3. The Bertz CT molecular complexity index is 777. The molecule has 0 bridgehead atoms. The maximum atomic E-state index is 13.7. The Morgan fingerprint density at radius 3 is 2.44 bits per heavy atom. The Labute approximate surface area is 145 Å². The van der Waals surface area contributed by atoms with Gasteiger partial charge in [0.25, 0.3) is 5.91 Å². The predicted molar refractivity (Wildman–Crippen MR) is 94.1 cm³/mol. The molecule has 0 heterocycles. The Hall–Kier alpha value is -2.89. The number of anilines is 1. The molecule has 2 aromatic carbocycles. The van der Waals surface area contributed by atoms with Gasteiger partial charge in [-0.25, -0.2) is 4.39 Å². The summed E-state index contributed by atoms with van der Waals surface area (Å²) >= 11 is 0. The second-order valence-corrected chi connectivity index (χ2v) is 6.75. The van der Waals surface area contributed by atoms with Gasteiger partial charge in [-0.3, -0.25) is 9.59 Å². The van der Waals surface area contributed by atoms with Crippen LogP contribution in [0.5, 0.6) is 5.75 Å². The van der Waals surface area contributed by atoms with Crippen LogP contribution in [0.4, 0.5) is 10.1 Å². The van der Waals surface area contributed by atoms with Gasteiger partial charge in [0.2, 0.25) is 5.91 Å². The molecule has 5 nitrogen and oxygen atoms in total. The van der Waals surface area contributed by atoms with Crippen LogP contribution in [-0.2, 0) is 11.2 Å². The largest absolute Gasteiger partial charge is 0.508 e. The Morgan fingerprint density at radius 2 is 1.80 bits per heavy atom. The van der Waals surface area contributed by atoms with Crippen LogP contribution in [0.2, 0.25) is 0 Å². The zero-order chi connectivity index (χ0) is 18.6. The van der Waals surface area contributed by atoms with E-state index < -0.39 is 11.7 Å². The topological polar surface area (TPSA) is 78.4 Å². The maximum Gasteiger partial charge on any atom is 0.251 e. The zero-order valence-electron chi connectivity index (χ0n) is 14.4. The molecule has 2 aromatic rings. The van der Waals surface area contributed by atoms with Gasteiger partial charge in [-0.15, -0.1) is 0 Å². The van der Waals surface area contributed by atoms with Crippen molar-refractivity contribution in [2.45, 2.75) is 32.7 Å². The third-order valence-electron chi connectivity index (χ3n) is 3.33. The van der Waals surface area contributed by atoms with Gasteiger partial charge in [0.05, 0.1) is 6.42 Å². The van der Waals surface area contributed by atoms with Crippen LogP contribution in [0.3, 0.4) is 0 Å². The summed E-state index contributed by atoms with van der Waals surface area (Å²) in [6, 6.07) is 10.3. The number of amides is 2. The van der Waals surface area contributed by atoms with Crippen molar-refractivity contribution in [3.63, 3.8) is 0 Å². The first-order chi connectivity index (χ1) is 11.7. The summed E-state index contributed by atoms with van der Waals surface area (Å²) in [6.45, 7) is 5.62. The summed E-state index contributed by atoms with van der Waals surface area (Å²) in [5.41, 5.74) is 0.379. The van der Waals surface area contributed by atoms with E-state index in [4.69, 9.17) is 0 Å². The summed E-state index contributed by atoms with van der Waals surface area (Å²) in [6.07, 6.45) is -0.309. The molecule has 0 spiro atoms. The number of rotatable bonds is 4. The number of carbonyl (C=O) groups is 2. The van der Waals surface area contributed by atoms with E-state index in [2.05, 4.69) is 10.6 Å². The first-order valence-corrected chi connectivity index (χ1v) is 7.84. The normalized spacial score (nSPS) is 11.0. The quantitative estimate of drug-likeness (QED) is 0.797. The molecule has 0 aliphatic heterocycles. The van der Waals surface area contributed by atoms with Crippen LogP contribution in [0.25, 0.3) is 0 Å². The van der Waals surface area contributed by atoms with Crippen molar-refractivity contribution in [1.82, 2.24) is 5.32 Å². The fraction of sp³-hybridized carbons (Fsp3) is 0.263. The lowest BCUT2D eigenvalue weighted by Gasteiger charge is -2.20. The molecule has 3 N–H and O–H groups in total. The average Bonchev–Trinajstić information content (AvgIpc) is 2.50. The van der Waals surface area contributed by atoms with Crippen LogP contribution in [-0.4, -0.2) is 22.5 Å². The molecule has 0 saturated carbocycles. The molecule has 0 aliphatic carbocycles. The fourth-order valence-corrected chi connectivity index (χ4v) is 2.24. The highest BCUT2D eigenvalue weighted by molar-refractivity contribution is 5.98. The Morgan fingerprint density at radius 1 is 1.12 bits per heavy atom. The zero-order valence-corrected chi connectivity index (χ0v) is 14.4. The summed E-state index contributed by atoms with van der Waals surface area (Å²) in [4.78, 5) is 24.3. The van der Waals surface area contributed by atoms with E-state index in [9.17, 15) is 19.1 Å². The summed E-state index contributed by atoms with van der Waals surface area (Å²) in [5, 5.41) is 15.1. The summed E-state index contributed by atoms with van der Waals surface area (Å²) in [7, 11) is 0. The maximum absolute atomic E-state index is 13.7. The monoisotopic (exact) mass is 344 g/mol. The van der Waals surface area contributed by atoms with Gasteiger partial charge in [-0.1, -0.05) is 12.1 Å². The van der Waals surface area contributed by atoms with Crippen molar-refractivity contribution >= 4 is 17.5 Å². The smallest absolute Gasteiger partial charge is 0.251 e. The molecule has 6 heteroatoms. The molecule has 25 heavy (non-hydrogen) atoms. The van der Waals surface area contributed by atoms with Crippen LogP contribution in [0, 0.1) is 5.82 Å². The number of nitrogens with one attached hydrogen (secondary N) is 2. The molecule has 0 saturated heterocycles. The third-order valence-corrected chi connectivity index (χ3v) is 3.33. The SMILES string of the molecule is CC(C)(C)NC(=O)c1cccc(NC(=O)Cc2c(O)cccc2F)c1. The molecule has 132 valence electrons. The van der Waals surface area contributed by atoms with Crippen molar-refractivity contribution in [1.29, 1.82) is 0 Å². The molecule has 2 amide bonds. The van der Waals surface area contributed by atoms with Crippen LogP contribution in [0.1, 0.15) is 36.7 Å². The van der Waals surface area contributed by atoms with E-state index in [-0.39, 0.29) is 29.2 Å². The third kappa shape index (κ3) is 5.31. The number of phenolic OH excluding ortho intramolecular Hbond substituents is 1. The minimum Gasteiger partial charge on any atom is -0.508 e. The molecular weight excluding hydrogens is 323 g/mol. The Kier molecular flexibility index (Phi) is 5.41. The predicted octanol–water partition coefficient (Wildman–Crippen LogP) is 3.24. The van der Waals surface area contributed by atoms with Gasteiger partial charge in [0.15, 0.2) is 0 Å². The minimum absolute atomic E-state index is 0.0679. The average molecular weight is 344 g/mol. The minimum atomic E-state index is -0.645. The van der Waals surface area contributed by atoms with E-state index in [0.717, 1.165) is 0 Å². The Balaban J connectivity index is 2.09. The number of aromatic hydroxyl groups is 1. The van der Waals surface area contributed by atoms with E-state index >= 15 is 0 Å². The molecule has 0 unspecified atom stereocenters. The highest BCUT2D eigenvalue weighted by Gasteiger charge is 2.16. The van der Waals surface area contributed by atoms with Gasteiger partial charge in [-0.2, -0.15) is 0 Å². The summed E-state index contributed by atoms with van der Waals surface area (Å²) in [5.74, 6) is -1.66. The van der Waals surface area contributed by atoms with Gasteiger partial charge in [-0.05, 0) is 51.1 Å². The van der Waals surface area contributed by atoms with Gasteiger partial charge < -0.3 is 15.7 Å². The molecule has 0 aliphatic rings. The number of hydrogen-bond acceptors (Lipinski definition) is 3. The number of carbonyl (C=O) groups excluding carboxylic acids is 2. The highest BCUT2D eigenvalue weighted by Crippen LogP contribution is 2.21. The van der Waals surface area contributed by atoms with Crippen molar-refractivity contribution in [2.75, 3.05) is 5.32 Å². The molecule has 0 radical (unpaired) electrons. The lowest BCUT2D eigenvalue weighted by molar-refractivity contribution is -0.115. The van der Waals surface area contributed by atoms with Crippen molar-refractivity contribution in [3.05, 3.63) is 59.4 Å². The lowest BCUT2D eigenvalue weighted by Crippen LogP contribution is -2.40. The van der Waals surface area contributed by atoms with Gasteiger partial charge in [0.1, 0.15) is 11.6 Å². The van der Waals surface area contributed by atoms with Crippen LogP contribution >= 0.6 is 0 Å². The number of hydrogen-bond donors (Lipinski definition) is 3. The second-order valence-electron chi connectivity index (χ2n) is 6.75. The van der Waals surface area contributed by atoms with Crippen molar-refractivity contribution in [3.8, 4) is 5.75 Å². The molecule has 0 aromatic heterocycles. The second kappa shape index (κ2) is 7.34. The van der Waals surface area contributed by atoms with Crippen LogP contribution < -0.4 is 10.6 Å². The first-order valence-electron chi connectivity index (χ1n) is 7.84. The number of halogens is 1. The van der Waals surface area contributed by atoms with E-state index in [1.165, 1.54) is 18.2 Å². The van der Waals surface area contributed by atoms with Crippen molar-refractivity contribution < 1.29 is 19.1 Å². The van der Waals surface area contributed by atoms with Gasteiger partial charge in [0, 0.05) is 22.4 Å². The van der Waals surface area contributed by atoms with Gasteiger partial charge >= 0.3 is 0 Å². The molecule has 2 rings (SSSR count). The van der Waals surface area contributed by atoms with Crippen molar-refractivity contribution in [2.24, 2.45) is 0 Å². The highest BCUT2D eigenvalue weighted by atomic mass is 19.1. The van der Waals surface area contributed by atoms with Crippen LogP contribution in [0.15, 0.2) is 42.5 Å². The fourth-order valence-electron chi connectivity index (χ4n) is 2.24. The first kappa shape index (κ1) is 18.4. The number of phenols is 1. The molecule has 0 atom stereocenters. The van der Waals surface area contributed by atoms with E-state index in [0.29, 0.717) is 11.3 Å². The number of benzene rings is 2. The van der Waals surface area contributed by atoms with E-state index in [1.807, 2.05) is 20.8 Å². The standard InChI is InChI=1S/C19H21FN2O3/c1-19(2,3)22-18(25)12-6-4-7-13(10-12)21-17(24)11-14-15(20)8-5-9-16(14)23/h4-10,23H,11H2,1-3H3,(H,21,24)(H,22,25). The summed E-state index contributed by atoms with van der Waals surface area (Å²) < 4.78 is 13.7. The molecule has 0 fully saturated rings. The lowest BCUT2D eigenvalue weighted by atomic mass is 10.1. The van der Waals surface area contributed by atoms with E-state index in [1.54, 1.807) is 24.3 Å².